The molecule has 4 nitrogen and oxygen atoms in total. The van der Waals surface area contributed by atoms with Crippen molar-refractivity contribution in [3.8, 4) is 5.75 Å². The van der Waals surface area contributed by atoms with Crippen molar-refractivity contribution in [2.45, 2.75) is 6.92 Å². The van der Waals surface area contributed by atoms with E-state index in [9.17, 15) is 4.79 Å². The van der Waals surface area contributed by atoms with Crippen molar-refractivity contribution in [3.63, 3.8) is 0 Å². The third kappa shape index (κ3) is 2.28. The lowest BCUT2D eigenvalue weighted by atomic mass is 10.0. The monoisotopic (exact) mass is 245 g/mol. The minimum Gasteiger partial charge on any atom is -0.496 e. The molecule has 94 valence electrons. The average molecular weight is 245 g/mol. The van der Waals surface area contributed by atoms with Crippen LogP contribution in [0.15, 0.2) is 36.4 Å². The Morgan fingerprint density at radius 1 is 1.17 bits per heavy atom. The number of carbonyl (C=O) groups is 1. The molecule has 0 heterocycles. The highest BCUT2D eigenvalue weighted by atomic mass is 16.6. The maximum absolute atomic E-state index is 11.9. The van der Waals surface area contributed by atoms with Gasteiger partial charge in [0.2, 0.25) is 0 Å². The summed E-state index contributed by atoms with van der Waals surface area (Å²) >= 11 is 0. The molecule has 0 aliphatic carbocycles. The number of fused-ring (bicyclic) bond motifs is 1. The van der Waals surface area contributed by atoms with Gasteiger partial charge in [0, 0.05) is 10.9 Å². The van der Waals surface area contributed by atoms with Gasteiger partial charge in [-0.2, -0.15) is 0 Å². The van der Waals surface area contributed by atoms with Crippen molar-refractivity contribution in [2.24, 2.45) is 0 Å². The van der Waals surface area contributed by atoms with E-state index in [4.69, 9.17) is 9.57 Å². The number of amides is 1. The molecule has 0 aromatic heterocycles. The molecule has 2 aromatic carbocycles. The summed E-state index contributed by atoms with van der Waals surface area (Å²) in [5.41, 5.74) is 2.97. The van der Waals surface area contributed by atoms with Gasteiger partial charge in [-0.1, -0.05) is 24.3 Å². The van der Waals surface area contributed by atoms with Gasteiger partial charge in [-0.05, 0) is 24.4 Å². The highest BCUT2D eigenvalue weighted by Crippen LogP contribution is 2.28. The number of hydroxylamine groups is 1. The van der Waals surface area contributed by atoms with Crippen LogP contribution in [0.4, 0.5) is 0 Å². The molecular weight excluding hydrogens is 230 g/mol. The van der Waals surface area contributed by atoms with Gasteiger partial charge in [0.15, 0.2) is 0 Å². The maximum Gasteiger partial charge on any atom is 0.275 e. The van der Waals surface area contributed by atoms with Crippen LogP contribution in [0.25, 0.3) is 10.8 Å². The van der Waals surface area contributed by atoms with Gasteiger partial charge in [0.05, 0.1) is 13.7 Å². The van der Waals surface area contributed by atoms with Crippen LogP contribution in [0.3, 0.4) is 0 Å². The molecule has 0 aliphatic heterocycles. The van der Waals surface area contributed by atoms with Gasteiger partial charge < -0.3 is 4.74 Å². The zero-order valence-corrected chi connectivity index (χ0v) is 10.4. The van der Waals surface area contributed by atoms with Crippen LogP contribution in [0.1, 0.15) is 17.3 Å². The highest BCUT2D eigenvalue weighted by molar-refractivity contribution is 6.08. The van der Waals surface area contributed by atoms with E-state index in [0.29, 0.717) is 12.2 Å². The molecule has 0 radical (unpaired) electrons. The normalized spacial score (nSPS) is 10.3. The Kier molecular flexibility index (Phi) is 3.79. The Morgan fingerprint density at radius 3 is 2.56 bits per heavy atom. The molecule has 0 bridgehead atoms. The maximum atomic E-state index is 11.9. The van der Waals surface area contributed by atoms with Gasteiger partial charge in [0.1, 0.15) is 5.75 Å². The topological polar surface area (TPSA) is 47.6 Å². The summed E-state index contributed by atoms with van der Waals surface area (Å²) < 4.78 is 5.28. The van der Waals surface area contributed by atoms with E-state index < -0.39 is 0 Å². The Balaban J connectivity index is 2.49. The first-order valence-electron chi connectivity index (χ1n) is 5.75. The summed E-state index contributed by atoms with van der Waals surface area (Å²) in [4.78, 5) is 16.9. The average Bonchev–Trinajstić information content (AvgIpc) is 2.43. The minimum atomic E-state index is -0.254. The third-order valence-corrected chi connectivity index (χ3v) is 2.66. The van der Waals surface area contributed by atoms with E-state index >= 15 is 0 Å². The lowest BCUT2D eigenvalue weighted by Crippen LogP contribution is -2.23. The lowest BCUT2D eigenvalue weighted by Gasteiger charge is -2.10. The van der Waals surface area contributed by atoms with Gasteiger partial charge in [0.25, 0.3) is 5.91 Å². The second-order valence-electron chi connectivity index (χ2n) is 3.73. The molecule has 1 N–H and O–H groups in total. The lowest BCUT2D eigenvalue weighted by molar-refractivity contribution is 0.0366. The van der Waals surface area contributed by atoms with Crippen LogP contribution in [0.5, 0.6) is 5.75 Å². The predicted octanol–water partition coefficient (Wildman–Crippen LogP) is 2.53. The van der Waals surface area contributed by atoms with E-state index in [1.807, 2.05) is 31.2 Å². The zero-order chi connectivity index (χ0) is 13.0. The summed E-state index contributed by atoms with van der Waals surface area (Å²) in [6.07, 6.45) is 0. The second kappa shape index (κ2) is 5.51. The van der Waals surface area contributed by atoms with Crippen molar-refractivity contribution in [3.05, 3.63) is 42.0 Å². The van der Waals surface area contributed by atoms with Crippen molar-refractivity contribution >= 4 is 16.7 Å². The quantitative estimate of drug-likeness (QED) is 0.842. The SMILES string of the molecule is CCONC(=O)c1ccc(OC)c2ccccc12. The molecule has 2 aromatic rings. The Labute approximate surface area is 105 Å². The summed E-state index contributed by atoms with van der Waals surface area (Å²) in [6, 6.07) is 11.1. The number of rotatable bonds is 4. The highest BCUT2D eigenvalue weighted by Gasteiger charge is 2.12. The number of benzene rings is 2. The number of hydrogen-bond donors (Lipinski definition) is 1. The first-order chi connectivity index (χ1) is 8.77. The summed E-state index contributed by atoms with van der Waals surface area (Å²) in [7, 11) is 1.61. The van der Waals surface area contributed by atoms with E-state index in [2.05, 4.69) is 5.48 Å². The van der Waals surface area contributed by atoms with Gasteiger partial charge >= 0.3 is 0 Å². The van der Waals surface area contributed by atoms with Crippen LogP contribution in [-0.4, -0.2) is 19.6 Å². The van der Waals surface area contributed by atoms with Gasteiger partial charge in [-0.3, -0.25) is 9.63 Å². The summed E-state index contributed by atoms with van der Waals surface area (Å²) in [6.45, 7) is 2.24. The van der Waals surface area contributed by atoms with Crippen LogP contribution in [0.2, 0.25) is 0 Å². The molecule has 0 atom stereocenters. The summed E-state index contributed by atoms with van der Waals surface area (Å²) in [5.74, 6) is 0.495. The molecule has 0 saturated heterocycles. The Hall–Kier alpha value is -2.07. The summed E-state index contributed by atoms with van der Waals surface area (Å²) in [5, 5.41) is 1.75. The van der Waals surface area contributed by atoms with Crippen LogP contribution >= 0.6 is 0 Å². The zero-order valence-electron chi connectivity index (χ0n) is 10.4. The Bertz CT molecular complexity index is 566. The predicted molar refractivity (Wildman–Crippen MR) is 69.6 cm³/mol. The standard InChI is InChI=1S/C14H15NO3/c1-3-18-15-14(16)12-8-9-13(17-2)11-7-5-4-6-10(11)12/h4-9H,3H2,1-2H3,(H,15,16). The van der Waals surface area contributed by atoms with Crippen LogP contribution in [0, 0.1) is 0 Å². The molecule has 0 spiro atoms. The van der Waals surface area contributed by atoms with E-state index in [1.54, 1.807) is 19.2 Å². The molecule has 4 heteroatoms. The largest absolute Gasteiger partial charge is 0.496 e. The number of hydrogen-bond acceptors (Lipinski definition) is 3. The first kappa shape index (κ1) is 12.4. The second-order valence-corrected chi connectivity index (χ2v) is 3.73. The number of carbonyl (C=O) groups excluding carboxylic acids is 1. The van der Waals surface area contributed by atoms with E-state index in [0.717, 1.165) is 16.5 Å². The molecule has 0 saturated carbocycles. The molecule has 0 fully saturated rings. The van der Waals surface area contributed by atoms with Gasteiger partial charge in [-0.25, -0.2) is 5.48 Å². The smallest absolute Gasteiger partial charge is 0.275 e. The fraction of sp³-hybridized carbons (Fsp3) is 0.214. The van der Waals surface area contributed by atoms with Crippen molar-refractivity contribution in [1.29, 1.82) is 0 Å². The minimum absolute atomic E-state index is 0.254. The van der Waals surface area contributed by atoms with Crippen molar-refractivity contribution in [1.82, 2.24) is 5.48 Å². The third-order valence-electron chi connectivity index (χ3n) is 2.66. The number of methoxy groups -OCH3 is 1. The molecule has 0 unspecified atom stereocenters. The van der Waals surface area contributed by atoms with E-state index in [-0.39, 0.29) is 5.91 Å². The fourth-order valence-electron chi connectivity index (χ4n) is 1.84. The Morgan fingerprint density at radius 2 is 1.89 bits per heavy atom. The molecule has 2 rings (SSSR count). The first-order valence-corrected chi connectivity index (χ1v) is 5.75. The van der Waals surface area contributed by atoms with Crippen LogP contribution < -0.4 is 10.2 Å². The van der Waals surface area contributed by atoms with Crippen LogP contribution in [-0.2, 0) is 4.84 Å². The van der Waals surface area contributed by atoms with Crippen molar-refractivity contribution in [2.75, 3.05) is 13.7 Å². The number of ether oxygens (including phenoxy) is 1. The fourth-order valence-corrected chi connectivity index (χ4v) is 1.84. The molecular formula is C14H15NO3. The number of nitrogens with one attached hydrogen (secondary N) is 1. The molecule has 18 heavy (non-hydrogen) atoms. The molecule has 1 amide bonds. The van der Waals surface area contributed by atoms with E-state index in [1.165, 1.54) is 0 Å². The molecule has 0 aliphatic rings. The van der Waals surface area contributed by atoms with Crippen molar-refractivity contribution < 1.29 is 14.4 Å². The van der Waals surface area contributed by atoms with Gasteiger partial charge in [-0.15, -0.1) is 0 Å².